The summed E-state index contributed by atoms with van der Waals surface area (Å²) in [6.07, 6.45) is 1.92. The number of benzene rings is 1. The first-order chi connectivity index (χ1) is 8.09. The number of aromatic nitrogens is 1. The van der Waals surface area contributed by atoms with Crippen LogP contribution in [0.2, 0.25) is 0 Å². The lowest BCUT2D eigenvalue weighted by Gasteiger charge is -2.08. The van der Waals surface area contributed by atoms with Crippen LogP contribution >= 0.6 is 0 Å². The third-order valence-corrected chi connectivity index (χ3v) is 2.67. The largest absolute Gasteiger partial charge is 0.361 e. The summed E-state index contributed by atoms with van der Waals surface area (Å²) in [6, 6.07) is 7.72. The molecule has 4 nitrogen and oxygen atoms in total. The van der Waals surface area contributed by atoms with Gasteiger partial charge in [-0.2, -0.15) is 0 Å². The van der Waals surface area contributed by atoms with E-state index in [1.165, 1.54) is 4.90 Å². The number of rotatable bonds is 3. The second kappa shape index (κ2) is 4.41. The molecule has 2 rings (SSSR count). The molecule has 0 radical (unpaired) electrons. The summed E-state index contributed by atoms with van der Waals surface area (Å²) in [5.41, 5.74) is 1.84. The zero-order chi connectivity index (χ0) is 12.4. The molecule has 0 aliphatic heterocycles. The second-order valence-corrected chi connectivity index (χ2v) is 4.16. The third-order valence-electron chi connectivity index (χ3n) is 2.67. The molecule has 0 fully saturated rings. The number of amides is 1. The van der Waals surface area contributed by atoms with Crippen LogP contribution in [0.3, 0.4) is 0 Å². The fraction of sp³-hybridized carbons (Fsp3) is 0.231. The van der Waals surface area contributed by atoms with Gasteiger partial charge in [-0.1, -0.05) is 18.2 Å². The van der Waals surface area contributed by atoms with Gasteiger partial charge in [0.25, 0.3) is 5.91 Å². The highest BCUT2D eigenvalue weighted by molar-refractivity contribution is 6.36. The number of carbonyl (C=O) groups is 2. The van der Waals surface area contributed by atoms with Crippen LogP contribution in [-0.4, -0.2) is 35.7 Å². The maximum absolute atomic E-state index is 11.7. The molecule has 0 saturated heterocycles. The van der Waals surface area contributed by atoms with Crippen molar-refractivity contribution in [3.63, 3.8) is 0 Å². The average molecular weight is 230 g/mol. The Bertz CT molecular complexity index is 570. The van der Waals surface area contributed by atoms with E-state index in [1.54, 1.807) is 20.3 Å². The van der Waals surface area contributed by atoms with Gasteiger partial charge in [-0.3, -0.25) is 9.59 Å². The standard InChI is InChI=1S/C13H14N2O2/c1-15(2)13(17)12(16)7-9-8-14-11-6-4-3-5-10(9)11/h3-6,8,14H,7H2,1-2H3. The van der Waals surface area contributed by atoms with Crippen LogP contribution in [0.1, 0.15) is 5.56 Å². The Balaban J connectivity index is 2.25. The first-order valence-electron chi connectivity index (χ1n) is 5.39. The van der Waals surface area contributed by atoms with Gasteiger partial charge in [0.05, 0.1) is 0 Å². The van der Waals surface area contributed by atoms with Gasteiger partial charge in [-0.15, -0.1) is 0 Å². The van der Waals surface area contributed by atoms with E-state index in [9.17, 15) is 9.59 Å². The van der Waals surface area contributed by atoms with Crippen LogP contribution in [0.15, 0.2) is 30.5 Å². The molecule has 0 bridgehead atoms. The molecule has 4 heteroatoms. The minimum atomic E-state index is -0.463. The van der Waals surface area contributed by atoms with Gasteiger partial charge in [0.1, 0.15) is 0 Å². The highest BCUT2D eigenvalue weighted by atomic mass is 16.2. The van der Waals surface area contributed by atoms with E-state index in [0.717, 1.165) is 16.5 Å². The Labute approximate surface area is 99.2 Å². The average Bonchev–Trinajstić information content (AvgIpc) is 2.71. The Hall–Kier alpha value is -2.10. The van der Waals surface area contributed by atoms with Crippen LogP contribution in [0, 0.1) is 0 Å². The Morgan fingerprint density at radius 2 is 1.94 bits per heavy atom. The normalized spacial score (nSPS) is 10.5. The van der Waals surface area contributed by atoms with E-state index in [1.807, 2.05) is 24.3 Å². The SMILES string of the molecule is CN(C)C(=O)C(=O)Cc1c[nH]c2ccccc12. The van der Waals surface area contributed by atoms with Crippen molar-refractivity contribution in [1.82, 2.24) is 9.88 Å². The summed E-state index contributed by atoms with van der Waals surface area (Å²) >= 11 is 0. The molecule has 1 N–H and O–H groups in total. The number of hydrogen-bond acceptors (Lipinski definition) is 2. The number of nitrogens with one attached hydrogen (secondary N) is 1. The number of fused-ring (bicyclic) bond motifs is 1. The van der Waals surface area contributed by atoms with Crippen LogP contribution in [-0.2, 0) is 16.0 Å². The van der Waals surface area contributed by atoms with Crippen LogP contribution < -0.4 is 0 Å². The summed E-state index contributed by atoms with van der Waals surface area (Å²) < 4.78 is 0. The maximum atomic E-state index is 11.7. The first kappa shape index (κ1) is 11.4. The molecule has 0 atom stereocenters. The van der Waals surface area contributed by atoms with Gasteiger partial charge in [-0.05, 0) is 11.6 Å². The predicted octanol–water partition coefficient (Wildman–Crippen LogP) is 1.37. The number of likely N-dealkylation sites (N-methyl/N-ethyl adjacent to an activating group) is 1. The first-order valence-corrected chi connectivity index (χ1v) is 5.39. The topological polar surface area (TPSA) is 53.2 Å². The smallest absolute Gasteiger partial charge is 0.289 e. The van der Waals surface area contributed by atoms with Gasteiger partial charge < -0.3 is 9.88 Å². The highest BCUT2D eigenvalue weighted by Crippen LogP contribution is 2.18. The van der Waals surface area contributed by atoms with Crippen LogP contribution in [0.5, 0.6) is 0 Å². The van der Waals surface area contributed by atoms with Crippen LogP contribution in [0.25, 0.3) is 10.9 Å². The van der Waals surface area contributed by atoms with Gasteiger partial charge in [0.2, 0.25) is 5.78 Å². The molecule has 1 amide bonds. The number of para-hydroxylation sites is 1. The van der Waals surface area contributed by atoms with Gasteiger partial charge in [0, 0.05) is 37.6 Å². The van der Waals surface area contributed by atoms with E-state index in [0.29, 0.717) is 0 Å². The molecular formula is C13H14N2O2. The monoisotopic (exact) mass is 230 g/mol. The van der Waals surface area contributed by atoms with E-state index >= 15 is 0 Å². The summed E-state index contributed by atoms with van der Waals surface area (Å²) in [4.78, 5) is 27.5. The molecule has 1 aromatic heterocycles. The van der Waals surface area contributed by atoms with Crippen molar-refractivity contribution >= 4 is 22.6 Å². The summed E-state index contributed by atoms with van der Waals surface area (Å²) in [7, 11) is 3.16. The molecule has 2 aromatic rings. The summed E-state index contributed by atoms with van der Waals surface area (Å²) in [5, 5.41) is 0.993. The Morgan fingerprint density at radius 3 is 2.65 bits per heavy atom. The van der Waals surface area contributed by atoms with Gasteiger partial charge in [0.15, 0.2) is 0 Å². The maximum Gasteiger partial charge on any atom is 0.289 e. The number of nitrogens with zero attached hydrogens (tertiary/aromatic N) is 1. The number of aromatic amines is 1. The molecule has 0 spiro atoms. The van der Waals surface area contributed by atoms with Gasteiger partial charge >= 0.3 is 0 Å². The molecule has 1 heterocycles. The predicted molar refractivity (Wildman–Crippen MR) is 65.7 cm³/mol. The van der Waals surface area contributed by atoms with Crippen molar-refractivity contribution in [2.24, 2.45) is 0 Å². The Kier molecular flexibility index (Phi) is 2.95. The molecule has 0 unspecified atom stereocenters. The molecule has 0 aliphatic carbocycles. The lowest BCUT2D eigenvalue weighted by molar-refractivity contribution is -0.142. The zero-order valence-electron chi connectivity index (χ0n) is 9.86. The molecule has 17 heavy (non-hydrogen) atoms. The number of ketones is 1. The van der Waals surface area contributed by atoms with Gasteiger partial charge in [-0.25, -0.2) is 0 Å². The molecular weight excluding hydrogens is 216 g/mol. The van der Waals surface area contributed by atoms with E-state index < -0.39 is 5.91 Å². The lowest BCUT2D eigenvalue weighted by Crippen LogP contribution is -2.30. The van der Waals surface area contributed by atoms with Crippen molar-refractivity contribution < 1.29 is 9.59 Å². The lowest BCUT2D eigenvalue weighted by atomic mass is 10.1. The summed E-state index contributed by atoms with van der Waals surface area (Å²) in [6.45, 7) is 0. The quantitative estimate of drug-likeness (QED) is 0.810. The van der Waals surface area contributed by atoms with Crippen molar-refractivity contribution in [1.29, 1.82) is 0 Å². The van der Waals surface area contributed by atoms with Crippen LogP contribution in [0.4, 0.5) is 0 Å². The zero-order valence-corrected chi connectivity index (χ0v) is 9.86. The molecule has 1 aromatic carbocycles. The number of carbonyl (C=O) groups excluding carboxylic acids is 2. The number of hydrogen-bond donors (Lipinski definition) is 1. The Morgan fingerprint density at radius 1 is 1.24 bits per heavy atom. The number of Topliss-reactive ketones (excluding diaryl/α,β-unsaturated/α-hetero) is 1. The third kappa shape index (κ3) is 2.20. The van der Waals surface area contributed by atoms with Crippen molar-refractivity contribution in [2.45, 2.75) is 6.42 Å². The van der Waals surface area contributed by atoms with Crippen molar-refractivity contribution in [3.8, 4) is 0 Å². The van der Waals surface area contributed by atoms with E-state index in [2.05, 4.69) is 4.98 Å². The number of H-pyrrole nitrogens is 1. The minimum absolute atomic E-state index is 0.140. The second-order valence-electron chi connectivity index (χ2n) is 4.16. The molecule has 0 aliphatic rings. The highest BCUT2D eigenvalue weighted by Gasteiger charge is 2.17. The van der Waals surface area contributed by atoms with Crippen molar-refractivity contribution in [3.05, 3.63) is 36.0 Å². The fourth-order valence-electron chi connectivity index (χ4n) is 1.78. The van der Waals surface area contributed by atoms with E-state index in [4.69, 9.17) is 0 Å². The fourth-order valence-corrected chi connectivity index (χ4v) is 1.78. The van der Waals surface area contributed by atoms with Crippen molar-refractivity contribution in [2.75, 3.05) is 14.1 Å². The molecule has 0 saturated carbocycles. The van der Waals surface area contributed by atoms with E-state index in [-0.39, 0.29) is 12.2 Å². The minimum Gasteiger partial charge on any atom is -0.361 e. The molecule has 88 valence electrons. The summed E-state index contributed by atoms with van der Waals surface area (Å²) in [5.74, 6) is -0.852.